The van der Waals surface area contributed by atoms with Crippen LogP contribution in [0.5, 0.6) is 0 Å². The molecule has 27 heavy (non-hydrogen) atoms. The van der Waals surface area contributed by atoms with E-state index in [1.165, 1.54) is 26.4 Å². The van der Waals surface area contributed by atoms with E-state index >= 15 is 0 Å². The molecule has 0 saturated heterocycles. The lowest BCUT2D eigenvalue weighted by Gasteiger charge is -2.27. The second-order valence-electron chi connectivity index (χ2n) is 6.97. The van der Waals surface area contributed by atoms with Gasteiger partial charge in [0.1, 0.15) is 5.60 Å². The maximum atomic E-state index is 12.6. The standard InChI is InChI=1S/C20H25BrO6/c1-19(2,3)27-16(22)11-8-12-20(17(23)25-4,18(24)26-5)13-14-9-6-7-10-15(14)21/h6-11H,12-13H2,1-5H3/b11-8+. The third kappa shape index (κ3) is 6.50. The summed E-state index contributed by atoms with van der Waals surface area (Å²) in [6.45, 7) is 5.25. The van der Waals surface area contributed by atoms with Crippen LogP contribution in [0.3, 0.4) is 0 Å². The fourth-order valence-corrected chi connectivity index (χ4v) is 2.94. The van der Waals surface area contributed by atoms with E-state index < -0.39 is 28.9 Å². The zero-order valence-corrected chi connectivity index (χ0v) is 17.8. The van der Waals surface area contributed by atoms with E-state index in [1.54, 1.807) is 32.9 Å². The number of halogens is 1. The molecule has 0 amide bonds. The summed E-state index contributed by atoms with van der Waals surface area (Å²) < 4.78 is 15.7. The zero-order valence-electron chi connectivity index (χ0n) is 16.2. The first-order valence-corrected chi connectivity index (χ1v) is 9.15. The van der Waals surface area contributed by atoms with E-state index in [1.807, 2.05) is 12.1 Å². The van der Waals surface area contributed by atoms with Gasteiger partial charge in [0, 0.05) is 17.0 Å². The lowest BCUT2D eigenvalue weighted by molar-refractivity contribution is -0.169. The molecule has 0 aromatic heterocycles. The molecule has 0 aliphatic heterocycles. The monoisotopic (exact) mass is 440 g/mol. The predicted molar refractivity (Wildman–Crippen MR) is 104 cm³/mol. The average molecular weight is 441 g/mol. The second kappa shape index (κ2) is 9.69. The van der Waals surface area contributed by atoms with Gasteiger partial charge in [0.2, 0.25) is 0 Å². The molecule has 1 aromatic carbocycles. The Kier molecular flexibility index (Phi) is 8.21. The van der Waals surface area contributed by atoms with Gasteiger partial charge in [-0.2, -0.15) is 0 Å². The van der Waals surface area contributed by atoms with Crippen molar-refractivity contribution in [3.8, 4) is 0 Å². The van der Waals surface area contributed by atoms with E-state index in [4.69, 9.17) is 14.2 Å². The normalized spacial score (nSPS) is 11.9. The number of methoxy groups -OCH3 is 2. The van der Waals surface area contributed by atoms with Gasteiger partial charge in [0.15, 0.2) is 5.41 Å². The smallest absolute Gasteiger partial charge is 0.330 e. The van der Waals surface area contributed by atoms with Gasteiger partial charge in [-0.3, -0.25) is 9.59 Å². The van der Waals surface area contributed by atoms with E-state index in [9.17, 15) is 14.4 Å². The van der Waals surface area contributed by atoms with Gasteiger partial charge in [-0.1, -0.05) is 40.2 Å². The number of carbonyl (C=O) groups is 3. The van der Waals surface area contributed by atoms with E-state index in [0.29, 0.717) is 0 Å². The summed E-state index contributed by atoms with van der Waals surface area (Å²) >= 11 is 3.42. The van der Waals surface area contributed by atoms with Gasteiger partial charge in [0.05, 0.1) is 14.2 Å². The third-order valence-electron chi connectivity index (χ3n) is 3.73. The molecule has 0 bridgehead atoms. The van der Waals surface area contributed by atoms with Crippen LogP contribution < -0.4 is 0 Å². The van der Waals surface area contributed by atoms with E-state index in [2.05, 4.69) is 15.9 Å². The first-order chi connectivity index (χ1) is 12.6. The number of carbonyl (C=O) groups excluding carboxylic acids is 3. The Morgan fingerprint density at radius 1 is 1.04 bits per heavy atom. The number of hydrogen-bond acceptors (Lipinski definition) is 6. The summed E-state index contributed by atoms with van der Waals surface area (Å²) in [6.07, 6.45) is 2.60. The maximum Gasteiger partial charge on any atom is 0.330 e. The lowest BCUT2D eigenvalue weighted by Crippen LogP contribution is -2.43. The quantitative estimate of drug-likeness (QED) is 0.279. The largest absolute Gasteiger partial charge is 0.468 e. The Balaban J connectivity index is 3.20. The van der Waals surface area contributed by atoms with Crippen LogP contribution in [0.2, 0.25) is 0 Å². The van der Waals surface area contributed by atoms with Gasteiger partial charge >= 0.3 is 17.9 Å². The Morgan fingerprint density at radius 3 is 2.07 bits per heavy atom. The molecule has 0 unspecified atom stereocenters. The molecule has 0 saturated carbocycles. The molecular formula is C20H25BrO6. The number of rotatable bonds is 7. The molecule has 1 rings (SSSR count). The second-order valence-corrected chi connectivity index (χ2v) is 7.83. The number of esters is 3. The van der Waals surface area contributed by atoms with Crippen molar-refractivity contribution in [2.24, 2.45) is 5.41 Å². The Bertz CT molecular complexity index is 701. The topological polar surface area (TPSA) is 78.9 Å². The average Bonchev–Trinajstić information content (AvgIpc) is 2.59. The van der Waals surface area contributed by atoms with Crippen molar-refractivity contribution in [3.05, 3.63) is 46.5 Å². The minimum absolute atomic E-state index is 0.0480. The van der Waals surface area contributed by atoms with Gasteiger partial charge in [-0.25, -0.2) is 4.79 Å². The van der Waals surface area contributed by atoms with Crippen LogP contribution in [0.25, 0.3) is 0 Å². The van der Waals surface area contributed by atoms with Crippen LogP contribution in [0.4, 0.5) is 0 Å². The molecule has 0 fully saturated rings. The molecule has 1 aromatic rings. The minimum Gasteiger partial charge on any atom is -0.468 e. The van der Waals surface area contributed by atoms with Gasteiger partial charge in [-0.15, -0.1) is 0 Å². The molecule has 0 atom stereocenters. The number of hydrogen-bond donors (Lipinski definition) is 0. The highest BCUT2D eigenvalue weighted by atomic mass is 79.9. The van der Waals surface area contributed by atoms with E-state index in [0.717, 1.165) is 10.0 Å². The molecule has 0 aliphatic rings. The molecule has 6 nitrogen and oxygen atoms in total. The van der Waals surface area contributed by atoms with Crippen molar-refractivity contribution in [1.82, 2.24) is 0 Å². The van der Waals surface area contributed by atoms with Gasteiger partial charge in [0.25, 0.3) is 0 Å². The van der Waals surface area contributed by atoms with Crippen molar-refractivity contribution in [1.29, 1.82) is 0 Å². The molecule has 7 heteroatoms. The molecule has 0 aliphatic carbocycles. The van der Waals surface area contributed by atoms with Crippen molar-refractivity contribution < 1.29 is 28.6 Å². The molecule has 0 radical (unpaired) electrons. The summed E-state index contributed by atoms with van der Waals surface area (Å²) in [7, 11) is 2.41. The highest BCUT2D eigenvalue weighted by molar-refractivity contribution is 9.10. The lowest BCUT2D eigenvalue weighted by atomic mass is 9.78. The van der Waals surface area contributed by atoms with Crippen LogP contribution >= 0.6 is 15.9 Å². The summed E-state index contributed by atoms with van der Waals surface area (Å²) in [5, 5.41) is 0. The summed E-state index contributed by atoms with van der Waals surface area (Å²) in [5.41, 5.74) is -1.52. The number of allylic oxidation sites excluding steroid dienone is 1. The first-order valence-electron chi connectivity index (χ1n) is 8.35. The number of ether oxygens (including phenoxy) is 3. The summed E-state index contributed by atoms with van der Waals surface area (Å²) in [6, 6.07) is 7.23. The third-order valence-corrected chi connectivity index (χ3v) is 4.50. The van der Waals surface area contributed by atoms with E-state index in [-0.39, 0.29) is 12.8 Å². The molecular weight excluding hydrogens is 416 g/mol. The van der Waals surface area contributed by atoms with Crippen molar-refractivity contribution in [2.45, 2.75) is 39.2 Å². The Labute approximate surface area is 168 Å². The fourth-order valence-electron chi connectivity index (χ4n) is 2.52. The Morgan fingerprint density at radius 2 is 1.59 bits per heavy atom. The first kappa shape index (κ1) is 22.9. The summed E-state index contributed by atoms with van der Waals surface area (Å²) in [5.74, 6) is -2.04. The summed E-state index contributed by atoms with van der Waals surface area (Å²) in [4.78, 5) is 37.0. The van der Waals surface area contributed by atoms with Crippen LogP contribution in [0, 0.1) is 5.41 Å². The van der Waals surface area contributed by atoms with Crippen LogP contribution in [-0.2, 0) is 35.0 Å². The maximum absolute atomic E-state index is 12.6. The molecule has 0 spiro atoms. The van der Waals surface area contributed by atoms with Crippen molar-refractivity contribution in [3.63, 3.8) is 0 Å². The number of benzene rings is 1. The van der Waals surface area contributed by atoms with Crippen molar-refractivity contribution in [2.75, 3.05) is 14.2 Å². The zero-order chi connectivity index (χ0) is 20.7. The highest BCUT2D eigenvalue weighted by Crippen LogP contribution is 2.34. The van der Waals surface area contributed by atoms with Crippen molar-refractivity contribution >= 4 is 33.8 Å². The molecule has 0 N–H and O–H groups in total. The fraction of sp³-hybridized carbons (Fsp3) is 0.450. The van der Waals surface area contributed by atoms with Gasteiger partial charge < -0.3 is 14.2 Å². The highest BCUT2D eigenvalue weighted by Gasteiger charge is 2.48. The van der Waals surface area contributed by atoms with Crippen LogP contribution in [0.1, 0.15) is 32.8 Å². The molecule has 148 valence electrons. The SMILES string of the molecule is COC(=O)C(C/C=C/C(=O)OC(C)(C)C)(Cc1ccccc1Br)C(=O)OC. The predicted octanol–water partition coefficient (Wildman–Crippen LogP) is 3.61. The van der Waals surface area contributed by atoms with Gasteiger partial charge in [-0.05, 0) is 38.8 Å². The Hall–Kier alpha value is -2.15. The van der Waals surface area contributed by atoms with Crippen LogP contribution in [0.15, 0.2) is 40.9 Å². The minimum atomic E-state index is -1.62. The molecule has 0 heterocycles. The van der Waals surface area contributed by atoms with Crippen LogP contribution in [-0.4, -0.2) is 37.7 Å².